The fourth-order valence-electron chi connectivity index (χ4n) is 3.46. The number of alkyl carbamates (subject to hydrolysis) is 1. The van der Waals surface area contributed by atoms with Gasteiger partial charge in [0.05, 0.1) is 13.7 Å². The van der Waals surface area contributed by atoms with Crippen LogP contribution in [0.3, 0.4) is 0 Å². The van der Waals surface area contributed by atoms with Crippen LogP contribution in [0.2, 0.25) is 0 Å². The van der Waals surface area contributed by atoms with Gasteiger partial charge in [-0.25, -0.2) is 9.59 Å². The Kier molecular flexibility index (Phi) is 7.93. The Balaban J connectivity index is 1.59. The molecule has 0 bridgehead atoms. The summed E-state index contributed by atoms with van der Waals surface area (Å²) >= 11 is 0. The smallest absolute Gasteiger partial charge is 0.408 e. The van der Waals surface area contributed by atoms with Gasteiger partial charge in [0.25, 0.3) is 0 Å². The molecule has 3 aromatic rings. The highest BCUT2D eigenvalue weighted by molar-refractivity contribution is 5.83. The van der Waals surface area contributed by atoms with Crippen molar-refractivity contribution in [3.63, 3.8) is 0 Å². The van der Waals surface area contributed by atoms with E-state index in [4.69, 9.17) is 14.2 Å². The lowest BCUT2D eigenvalue weighted by Crippen LogP contribution is -2.45. The van der Waals surface area contributed by atoms with E-state index in [2.05, 4.69) is 35.6 Å². The van der Waals surface area contributed by atoms with Crippen LogP contribution in [0.5, 0.6) is 5.75 Å². The quantitative estimate of drug-likeness (QED) is 0.486. The van der Waals surface area contributed by atoms with Gasteiger partial charge in [-0.2, -0.15) is 0 Å². The van der Waals surface area contributed by atoms with Gasteiger partial charge in [-0.15, -0.1) is 0 Å². The molecule has 33 heavy (non-hydrogen) atoms. The van der Waals surface area contributed by atoms with Crippen molar-refractivity contribution < 1.29 is 23.8 Å². The Morgan fingerprint density at radius 1 is 0.909 bits per heavy atom. The van der Waals surface area contributed by atoms with Crippen LogP contribution in [0.25, 0.3) is 10.8 Å². The summed E-state index contributed by atoms with van der Waals surface area (Å²) in [7, 11) is 1.29. The third kappa shape index (κ3) is 7.52. The molecular weight excluding hydrogens is 418 g/mol. The molecule has 0 aliphatic carbocycles. The van der Waals surface area contributed by atoms with E-state index in [0.29, 0.717) is 12.4 Å². The summed E-state index contributed by atoms with van der Waals surface area (Å²) in [6.45, 7) is 5.81. The van der Waals surface area contributed by atoms with Gasteiger partial charge in [0, 0.05) is 12.8 Å². The Hall–Kier alpha value is -3.54. The van der Waals surface area contributed by atoms with Crippen molar-refractivity contribution in [1.82, 2.24) is 5.32 Å². The van der Waals surface area contributed by atoms with Gasteiger partial charge in [0.15, 0.2) is 0 Å². The van der Waals surface area contributed by atoms with E-state index in [-0.39, 0.29) is 6.42 Å². The number of fused-ring (bicyclic) bond motifs is 1. The number of esters is 1. The molecular formula is C27H31NO5. The van der Waals surface area contributed by atoms with Gasteiger partial charge in [-0.1, -0.05) is 54.6 Å². The molecule has 0 fully saturated rings. The summed E-state index contributed by atoms with van der Waals surface area (Å²) in [6, 6.07) is 21.3. The van der Waals surface area contributed by atoms with Crippen LogP contribution in [0.15, 0.2) is 66.7 Å². The average molecular weight is 450 g/mol. The van der Waals surface area contributed by atoms with Gasteiger partial charge < -0.3 is 19.5 Å². The highest BCUT2D eigenvalue weighted by Crippen LogP contribution is 2.18. The second-order valence-electron chi connectivity index (χ2n) is 8.85. The number of ether oxygens (including phenoxy) is 3. The minimum Gasteiger partial charge on any atom is -0.493 e. The molecule has 0 saturated heterocycles. The molecule has 0 aliphatic rings. The van der Waals surface area contributed by atoms with E-state index >= 15 is 0 Å². The molecule has 174 valence electrons. The standard InChI is InChI=1S/C27H31NO5/c1-27(2,3)33-26(30)28-24(25(29)31-4)18-20-8-7-11-23(17-20)32-15-14-19-12-13-21-9-5-6-10-22(21)16-19/h5-13,16-17,24H,14-15,18H2,1-4H3,(H,28,30)/t24-/m0/s1. The molecule has 0 saturated carbocycles. The van der Waals surface area contributed by atoms with Crippen LogP contribution in [-0.2, 0) is 27.1 Å². The van der Waals surface area contributed by atoms with Gasteiger partial charge in [-0.05, 0) is 54.8 Å². The molecule has 6 heteroatoms. The number of benzene rings is 3. The van der Waals surface area contributed by atoms with Crippen LogP contribution in [0.4, 0.5) is 4.79 Å². The molecule has 0 unspecified atom stereocenters. The van der Waals surface area contributed by atoms with Crippen molar-refractivity contribution in [3.05, 3.63) is 77.9 Å². The first-order valence-corrected chi connectivity index (χ1v) is 11.0. The van der Waals surface area contributed by atoms with Crippen LogP contribution in [0, 0.1) is 0 Å². The monoisotopic (exact) mass is 449 g/mol. The molecule has 3 rings (SSSR count). The summed E-state index contributed by atoms with van der Waals surface area (Å²) in [5.74, 6) is 0.164. The van der Waals surface area contributed by atoms with Gasteiger partial charge in [0.2, 0.25) is 0 Å². The number of nitrogens with one attached hydrogen (secondary N) is 1. The minimum atomic E-state index is -0.863. The molecule has 6 nitrogen and oxygen atoms in total. The third-order valence-corrected chi connectivity index (χ3v) is 4.99. The second-order valence-corrected chi connectivity index (χ2v) is 8.85. The Morgan fingerprint density at radius 2 is 1.67 bits per heavy atom. The molecule has 0 heterocycles. The maximum atomic E-state index is 12.2. The van der Waals surface area contributed by atoms with Gasteiger partial charge in [-0.3, -0.25) is 0 Å². The van der Waals surface area contributed by atoms with E-state index in [9.17, 15) is 9.59 Å². The first-order valence-electron chi connectivity index (χ1n) is 11.0. The molecule has 1 atom stereocenters. The van der Waals surface area contributed by atoms with Crippen molar-refractivity contribution in [3.8, 4) is 5.75 Å². The predicted molar refractivity (Wildman–Crippen MR) is 128 cm³/mol. The number of rotatable bonds is 8. The maximum Gasteiger partial charge on any atom is 0.408 e. The summed E-state index contributed by atoms with van der Waals surface area (Å²) in [5, 5.41) is 5.02. The van der Waals surface area contributed by atoms with E-state index in [1.165, 1.54) is 23.4 Å². The van der Waals surface area contributed by atoms with Crippen LogP contribution in [0.1, 0.15) is 31.9 Å². The van der Waals surface area contributed by atoms with Crippen molar-refractivity contribution in [2.24, 2.45) is 0 Å². The highest BCUT2D eigenvalue weighted by Gasteiger charge is 2.25. The summed E-state index contributed by atoms with van der Waals surface area (Å²) in [6.07, 6.45) is 0.370. The molecule has 0 aliphatic heterocycles. The Bertz CT molecular complexity index is 1100. The molecule has 0 radical (unpaired) electrons. The molecule has 1 amide bonds. The highest BCUT2D eigenvalue weighted by atomic mass is 16.6. The van der Waals surface area contributed by atoms with Crippen molar-refractivity contribution >= 4 is 22.8 Å². The topological polar surface area (TPSA) is 73.9 Å². The number of carbonyl (C=O) groups excluding carboxylic acids is 2. The number of hydrogen-bond acceptors (Lipinski definition) is 5. The zero-order valence-corrected chi connectivity index (χ0v) is 19.6. The molecule has 0 spiro atoms. The second kappa shape index (κ2) is 10.9. The maximum absolute atomic E-state index is 12.2. The lowest BCUT2D eigenvalue weighted by atomic mass is 10.1. The largest absolute Gasteiger partial charge is 0.493 e. The number of methoxy groups -OCH3 is 1. The minimum absolute atomic E-state index is 0.258. The Labute approximate surface area is 194 Å². The van der Waals surface area contributed by atoms with E-state index in [1.54, 1.807) is 20.8 Å². The average Bonchev–Trinajstić information content (AvgIpc) is 2.77. The molecule has 0 aromatic heterocycles. The zero-order chi connectivity index (χ0) is 23.8. The Morgan fingerprint density at radius 3 is 2.39 bits per heavy atom. The van der Waals surface area contributed by atoms with Crippen LogP contribution in [-0.4, -0.2) is 37.4 Å². The SMILES string of the molecule is COC(=O)[C@H](Cc1cccc(OCCc2ccc3ccccc3c2)c1)NC(=O)OC(C)(C)C. The van der Waals surface area contributed by atoms with Crippen molar-refractivity contribution in [2.75, 3.05) is 13.7 Å². The van der Waals surface area contributed by atoms with E-state index in [1.807, 2.05) is 36.4 Å². The fourth-order valence-corrected chi connectivity index (χ4v) is 3.46. The van der Waals surface area contributed by atoms with Crippen molar-refractivity contribution in [2.45, 2.75) is 45.3 Å². The first-order chi connectivity index (χ1) is 15.7. The van der Waals surface area contributed by atoms with E-state index < -0.39 is 23.7 Å². The van der Waals surface area contributed by atoms with Gasteiger partial charge in [0.1, 0.15) is 17.4 Å². The lowest BCUT2D eigenvalue weighted by Gasteiger charge is -2.22. The predicted octanol–water partition coefficient (Wildman–Crippen LogP) is 5.07. The summed E-state index contributed by atoms with van der Waals surface area (Å²) < 4.78 is 16.1. The van der Waals surface area contributed by atoms with Crippen LogP contribution >= 0.6 is 0 Å². The van der Waals surface area contributed by atoms with E-state index in [0.717, 1.165) is 12.0 Å². The van der Waals surface area contributed by atoms with Crippen LogP contribution < -0.4 is 10.1 Å². The fraction of sp³-hybridized carbons (Fsp3) is 0.333. The first kappa shape index (κ1) is 24.1. The lowest BCUT2D eigenvalue weighted by molar-refractivity contribution is -0.143. The molecule has 1 N–H and O–H groups in total. The normalized spacial score (nSPS) is 12.1. The summed E-state index contributed by atoms with van der Waals surface area (Å²) in [4.78, 5) is 24.3. The zero-order valence-electron chi connectivity index (χ0n) is 19.6. The number of hydrogen-bond donors (Lipinski definition) is 1. The number of amides is 1. The third-order valence-electron chi connectivity index (χ3n) is 4.99. The number of carbonyl (C=O) groups is 2. The molecule has 3 aromatic carbocycles. The summed E-state index contributed by atoms with van der Waals surface area (Å²) in [5.41, 5.74) is 1.38. The van der Waals surface area contributed by atoms with Gasteiger partial charge >= 0.3 is 12.1 Å². The van der Waals surface area contributed by atoms with Crippen molar-refractivity contribution in [1.29, 1.82) is 0 Å².